The molecular weight excluding hydrogens is 208 g/mol. The molecule has 0 heterocycles. The summed E-state index contributed by atoms with van der Waals surface area (Å²) in [5.41, 5.74) is 5.09. The molecule has 14 heavy (non-hydrogen) atoms. The maximum Gasteiger partial charge on any atom is 0.243 e. The van der Waals surface area contributed by atoms with E-state index < -0.39 is 17.3 Å². The van der Waals surface area contributed by atoms with Crippen molar-refractivity contribution >= 4 is 17.3 Å². The summed E-state index contributed by atoms with van der Waals surface area (Å²) in [5.74, 6) is -0.435. The molecule has 1 atom stereocenters. The summed E-state index contributed by atoms with van der Waals surface area (Å²) >= 11 is -2.32. The van der Waals surface area contributed by atoms with E-state index in [0.717, 1.165) is 6.42 Å². The lowest BCUT2D eigenvalue weighted by Gasteiger charge is -2.01. The minimum atomic E-state index is -2.32. The Bertz CT molecular complexity index is 184. The molecule has 0 aliphatic rings. The first-order valence-corrected chi connectivity index (χ1v) is 4.59. The molecule has 7 heteroatoms. The number of hydrogen-bond donors (Lipinski definition) is 2. The molecule has 0 aromatic rings. The molecule has 86 valence electrons. The average Bonchev–Trinajstić information content (AvgIpc) is 2.01. The van der Waals surface area contributed by atoms with Gasteiger partial charge in [0.2, 0.25) is 5.91 Å². The molecular formula is C7H17N2O4S-. The number of carbonyl (C=O) groups is 1. The Morgan fingerprint density at radius 3 is 2.07 bits per heavy atom. The summed E-state index contributed by atoms with van der Waals surface area (Å²) in [7, 11) is 0. The summed E-state index contributed by atoms with van der Waals surface area (Å²) < 4.78 is 23.2. The van der Waals surface area contributed by atoms with E-state index in [4.69, 9.17) is 5.73 Å². The second-order valence-electron chi connectivity index (χ2n) is 2.17. The van der Waals surface area contributed by atoms with Crippen LogP contribution in [0.2, 0.25) is 0 Å². The number of nitrogens with two attached hydrogens (primary N) is 1. The van der Waals surface area contributed by atoms with Gasteiger partial charge in [-0.1, -0.05) is 13.5 Å². The molecule has 0 rings (SSSR count). The highest BCUT2D eigenvalue weighted by Gasteiger charge is 1.86. The van der Waals surface area contributed by atoms with Gasteiger partial charge in [0.15, 0.2) is 0 Å². The van der Waals surface area contributed by atoms with Crippen molar-refractivity contribution in [2.24, 2.45) is 5.73 Å². The molecule has 0 fully saturated rings. The van der Waals surface area contributed by atoms with E-state index in [-0.39, 0.29) is 12.8 Å². The summed E-state index contributed by atoms with van der Waals surface area (Å²) in [4.78, 5) is 9.82. The van der Waals surface area contributed by atoms with Gasteiger partial charge in [-0.15, -0.1) is 0 Å². The standard InChI is InChI=1S/C4H7NO.C3H8O3S.H3N/c1-3(2)4(5)6;1-2-3-6-7(4)5;/h1H2,2H3,(H2,5,6);2-3H2,1H3,(H,4,5);1H3/p-1. The second-order valence-corrected chi connectivity index (χ2v) is 2.81. The van der Waals surface area contributed by atoms with Crippen LogP contribution in [-0.2, 0) is 20.3 Å². The first-order valence-electron chi connectivity index (χ1n) is 3.59. The first kappa shape index (κ1) is 18.9. The summed E-state index contributed by atoms with van der Waals surface area (Å²) in [6.45, 7) is 6.98. The lowest BCUT2D eigenvalue weighted by molar-refractivity contribution is -0.114. The molecule has 1 amide bonds. The fourth-order valence-corrected chi connectivity index (χ4v) is 0.454. The molecule has 0 aromatic carbocycles. The van der Waals surface area contributed by atoms with E-state index in [0.29, 0.717) is 5.57 Å². The summed E-state index contributed by atoms with van der Waals surface area (Å²) in [5, 5.41) is 0. The molecule has 0 aliphatic heterocycles. The van der Waals surface area contributed by atoms with Gasteiger partial charge in [-0.2, -0.15) is 0 Å². The third-order valence-electron chi connectivity index (χ3n) is 0.804. The van der Waals surface area contributed by atoms with Gasteiger partial charge >= 0.3 is 0 Å². The predicted octanol–water partition coefficient (Wildman–Crippen LogP) is 0.417. The molecule has 0 aliphatic carbocycles. The van der Waals surface area contributed by atoms with E-state index in [1.54, 1.807) is 6.92 Å². The van der Waals surface area contributed by atoms with Crippen LogP contribution in [0.5, 0.6) is 0 Å². The zero-order valence-electron chi connectivity index (χ0n) is 8.45. The fraction of sp³-hybridized carbons (Fsp3) is 0.571. The van der Waals surface area contributed by atoms with Gasteiger partial charge in [-0.05, 0) is 13.3 Å². The molecule has 0 spiro atoms. The van der Waals surface area contributed by atoms with Gasteiger partial charge in [0.1, 0.15) is 0 Å². The van der Waals surface area contributed by atoms with Crippen molar-refractivity contribution in [1.29, 1.82) is 0 Å². The Morgan fingerprint density at radius 2 is 2.00 bits per heavy atom. The maximum absolute atomic E-state index is 9.82. The zero-order chi connectivity index (χ0) is 10.9. The number of rotatable bonds is 4. The molecule has 0 bridgehead atoms. The lowest BCUT2D eigenvalue weighted by atomic mass is 10.3. The third kappa shape index (κ3) is 22.5. The molecule has 0 saturated carbocycles. The number of carbonyl (C=O) groups excluding carboxylic acids is 1. The van der Waals surface area contributed by atoms with Gasteiger partial charge in [0.05, 0.1) is 18.0 Å². The van der Waals surface area contributed by atoms with Crippen LogP contribution in [-0.4, -0.2) is 21.3 Å². The van der Waals surface area contributed by atoms with E-state index in [1.165, 1.54) is 0 Å². The summed E-state index contributed by atoms with van der Waals surface area (Å²) in [6, 6.07) is 0. The van der Waals surface area contributed by atoms with E-state index in [1.807, 2.05) is 6.92 Å². The van der Waals surface area contributed by atoms with Gasteiger partial charge in [-0.3, -0.25) is 4.79 Å². The minimum Gasteiger partial charge on any atom is -0.750 e. The first-order chi connectivity index (χ1) is 5.91. The quantitative estimate of drug-likeness (QED) is 0.529. The SMILES string of the molecule is C=C(C)C(N)=O.CCCOS(=O)[O-].N. The smallest absolute Gasteiger partial charge is 0.243 e. The van der Waals surface area contributed by atoms with Crippen molar-refractivity contribution < 1.29 is 17.7 Å². The Labute approximate surface area is 86.6 Å². The topological polar surface area (TPSA) is 127 Å². The van der Waals surface area contributed by atoms with Gasteiger partial charge in [0.25, 0.3) is 0 Å². The monoisotopic (exact) mass is 225 g/mol. The number of amides is 1. The van der Waals surface area contributed by atoms with Crippen molar-refractivity contribution in [2.45, 2.75) is 20.3 Å². The van der Waals surface area contributed by atoms with Crippen molar-refractivity contribution in [1.82, 2.24) is 6.15 Å². The van der Waals surface area contributed by atoms with Crippen LogP contribution in [0.3, 0.4) is 0 Å². The molecule has 1 unspecified atom stereocenters. The van der Waals surface area contributed by atoms with Crippen LogP contribution in [0.4, 0.5) is 0 Å². The fourth-order valence-electron chi connectivity index (χ4n) is 0.151. The Hall–Kier alpha value is -0.760. The van der Waals surface area contributed by atoms with E-state index in [9.17, 15) is 13.6 Å². The molecule has 0 aromatic heterocycles. The largest absolute Gasteiger partial charge is 0.750 e. The van der Waals surface area contributed by atoms with Crippen LogP contribution < -0.4 is 11.9 Å². The normalized spacial score (nSPS) is 10.2. The second kappa shape index (κ2) is 12.2. The average molecular weight is 225 g/mol. The maximum atomic E-state index is 9.82. The Morgan fingerprint density at radius 1 is 1.64 bits per heavy atom. The van der Waals surface area contributed by atoms with Crippen LogP contribution >= 0.6 is 0 Å². The molecule has 0 radical (unpaired) electrons. The number of primary amides is 1. The van der Waals surface area contributed by atoms with Crippen molar-refractivity contribution in [3.63, 3.8) is 0 Å². The predicted molar refractivity (Wildman–Crippen MR) is 54.2 cm³/mol. The van der Waals surface area contributed by atoms with Crippen LogP contribution in [0.1, 0.15) is 20.3 Å². The zero-order valence-corrected chi connectivity index (χ0v) is 9.26. The summed E-state index contributed by atoms with van der Waals surface area (Å²) in [6.07, 6.45) is 0.730. The highest BCUT2D eigenvalue weighted by Crippen LogP contribution is 1.80. The van der Waals surface area contributed by atoms with Crippen LogP contribution in [0.15, 0.2) is 12.2 Å². The van der Waals surface area contributed by atoms with Crippen LogP contribution in [0.25, 0.3) is 0 Å². The van der Waals surface area contributed by atoms with Crippen LogP contribution in [0, 0.1) is 0 Å². The highest BCUT2D eigenvalue weighted by atomic mass is 32.2. The molecule has 5 N–H and O–H groups in total. The Balaban J connectivity index is -0.000000163. The highest BCUT2D eigenvalue weighted by molar-refractivity contribution is 7.74. The van der Waals surface area contributed by atoms with Gasteiger partial charge < -0.3 is 20.6 Å². The molecule has 0 saturated heterocycles. The minimum absolute atomic E-state index is 0. The van der Waals surface area contributed by atoms with Crippen molar-refractivity contribution in [3.8, 4) is 0 Å². The van der Waals surface area contributed by atoms with E-state index in [2.05, 4.69) is 10.8 Å². The Kier molecular flexibility index (Phi) is 16.5. The molecule has 6 nitrogen and oxygen atoms in total. The van der Waals surface area contributed by atoms with Crippen molar-refractivity contribution in [2.75, 3.05) is 6.61 Å². The lowest BCUT2D eigenvalue weighted by Crippen LogP contribution is -2.10. The van der Waals surface area contributed by atoms with E-state index >= 15 is 0 Å². The van der Waals surface area contributed by atoms with Gasteiger partial charge in [0, 0.05) is 5.57 Å². The van der Waals surface area contributed by atoms with Gasteiger partial charge in [-0.25, -0.2) is 4.21 Å². The van der Waals surface area contributed by atoms with Crippen molar-refractivity contribution in [3.05, 3.63) is 12.2 Å². The third-order valence-corrected chi connectivity index (χ3v) is 1.16. The number of hydrogen-bond acceptors (Lipinski definition) is 5.